The Kier molecular flexibility index (Phi) is 5.04. The second-order valence-corrected chi connectivity index (χ2v) is 7.10. The Morgan fingerprint density at radius 2 is 1.69 bits per heavy atom. The fourth-order valence-electron chi connectivity index (χ4n) is 3.48. The standard InChI is InChI=1S/C24H23N3O2/c1-16-6-7-17(2)27(16)22-5-4-14-25-23(22)19-9-11-20(12-10-19)24(28)26-15-21-13-8-18(3)29-21/h4-14H,15H2,1-3H3,(H,26,28). The van der Waals surface area contributed by atoms with Crippen molar-refractivity contribution >= 4 is 5.91 Å². The highest BCUT2D eigenvalue weighted by molar-refractivity contribution is 5.94. The topological polar surface area (TPSA) is 60.1 Å². The number of aryl methyl sites for hydroxylation is 3. The van der Waals surface area contributed by atoms with Crippen molar-refractivity contribution in [1.29, 1.82) is 0 Å². The summed E-state index contributed by atoms with van der Waals surface area (Å²) in [6.45, 7) is 6.41. The van der Waals surface area contributed by atoms with Gasteiger partial charge in [-0.3, -0.25) is 9.78 Å². The quantitative estimate of drug-likeness (QED) is 0.527. The molecule has 0 fully saturated rings. The van der Waals surface area contributed by atoms with E-state index >= 15 is 0 Å². The Morgan fingerprint density at radius 3 is 2.34 bits per heavy atom. The maximum Gasteiger partial charge on any atom is 0.251 e. The van der Waals surface area contributed by atoms with Gasteiger partial charge in [-0.15, -0.1) is 0 Å². The van der Waals surface area contributed by atoms with Crippen molar-refractivity contribution in [3.05, 3.63) is 95.3 Å². The van der Waals surface area contributed by atoms with Crippen molar-refractivity contribution in [2.75, 3.05) is 0 Å². The Hall–Kier alpha value is -3.60. The number of carbonyl (C=O) groups excluding carboxylic acids is 1. The van der Waals surface area contributed by atoms with Gasteiger partial charge in [-0.2, -0.15) is 0 Å². The first-order valence-corrected chi connectivity index (χ1v) is 9.57. The molecule has 1 aromatic carbocycles. The van der Waals surface area contributed by atoms with Gasteiger partial charge in [-0.1, -0.05) is 12.1 Å². The van der Waals surface area contributed by atoms with Gasteiger partial charge >= 0.3 is 0 Å². The molecule has 4 rings (SSSR count). The van der Waals surface area contributed by atoms with Gasteiger partial charge in [-0.25, -0.2) is 0 Å². The highest BCUT2D eigenvalue weighted by Gasteiger charge is 2.13. The number of hydrogen-bond donors (Lipinski definition) is 1. The zero-order valence-electron chi connectivity index (χ0n) is 16.8. The van der Waals surface area contributed by atoms with Crippen LogP contribution in [0.2, 0.25) is 0 Å². The summed E-state index contributed by atoms with van der Waals surface area (Å²) >= 11 is 0. The van der Waals surface area contributed by atoms with Crippen LogP contribution in [0.1, 0.15) is 33.3 Å². The summed E-state index contributed by atoms with van der Waals surface area (Å²) in [5.41, 5.74) is 5.78. The predicted octanol–water partition coefficient (Wildman–Crippen LogP) is 4.99. The third kappa shape index (κ3) is 3.85. The molecule has 0 saturated carbocycles. The smallest absolute Gasteiger partial charge is 0.251 e. The van der Waals surface area contributed by atoms with Gasteiger partial charge in [0.1, 0.15) is 11.5 Å². The number of nitrogens with zero attached hydrogens (tertiary/aromatic N) is 2. The zero-order valence-corrected chi connectivity index (χ0v) is 16.8. The maximum atomic E-state index is 12.4. The fourth-order valence-corrected chi connectivity index (χ4v) is 3.48. The lowest BCUT2D eigenvalue weighted by atomic mass is 10.1. The molecule has 3 aromatic heterocycles. The van der Waals surface area contributed by atoms with E-state index in [1.807, 2.05) is 49.4 Å². The van der Waals surface area contributed by atoms with Crippen molar-refractivity contribution in [2.24, 2.45) is 0 Å². The van der Waals surface area contributed by atoms with E-state index in [1.54, 1.807) is 6.20 Å². The van der Waals surface area contributed by atoms with Crippen LogP contribution >= 0.6 is 0 Å². The van der Waals surface area contributed by atoms with Crippen LogP contribution in [0, 0.1) is 20.8 Å². The number of pyridine rings is 1. The van der Waals surface area contributed by atoms with E-state index in [-0.39, 0.29) is 5.91 Å². The first-order valence-electron chi connectivity index (χ1n) is 9.57. The lowest BCUT2D eigenvalue weighted by molar-refractivity contribution is 0.0948. The van der Waals surface area contributed by atoms with Crippen molar-refractivity contribution in [1.82, 2.24) is 14.9 Å². The molecule has 1 amide bonds. The average Bonchev–Trinajstić information content (AvgIpc) is 3.31. The largest absolute Gasteiger partial charge is 0.465 e. The number of carbonyl (C=O) groups is 1. The van der Waals surface area contributed by atoms with Gasteiger partial charge in [0.05, 0.1) is 17.9 Å². The van der Waals surface area contributed by atoms with Crippen LogP contribution in [0.5, 0.6) is 0 Å². The fraction of sp³-hybridized carbons (Fsp3) is 0.167. The second-order valence-electron chi connectivity index (χ2n) is 7.10. The van der Waals surface area contributed by atoms with E-state index in [4.69, 9.17) is 4.42 Å². The molecule has 0 aliphatic heterocycles. The van der Waals surface area contributed by atoms with Crippen LogP contribution in [0.15, 0.2) is 71.3 Å². The van der Waals surface area contributed by atoms with E-state index in [9.17, 15) is 4.79 Å². The van der Waals surface area contributed by atoms with Gasteiger partial charge in [0.25, 0.3) is 5.91 Å². The molecule has 5 heteroatoms. The monoisotopic (exact) mass is 385 g/mol. The minimum Gasteiger partial charge on any atom is -0.465 e. The Labute approximate surface area is 170 Å². The van der Waals surface area contributed by atoms with E-state index in [0.29, 0.717) is 12.1 Å². The highest BCUT2D eigenvalue weighted by Crippen LogP contribution is 2.27. The van der Waals surface area contributed by atoms with Crippen LogP contribution in [0.3, 0.4) is 0 Å². The number of benzene rings is 1. The predicted molar refractivity (Wildman–Crippen MR) is 113 cm³/mol. The van der Waals surface area contributed by atoms with Gasteiger partial charge in [0.2, 0.25) is 0 Å². The van der Waals surface area contributed by atoms with Crippen LogP contribution in [0.25, 0.3) is 16.9 Å². The molecule has 5 nitrogen and oxygen atoms in total. The maximum absolute atomic E-state index is 12.4. The minimum atomic E-state index is -0.135. The van der Waals surface area contributed by atoms with E-state index in [0.717, 1.165) is 39.9 Å². The third-order valence-corrected chi connectivity index (χ3v) is 4.94. The molecule has 0 bridgehead atoms. The van der Waals surface area contributed by atoms with E-state index in [2.05, 4.69) is 46.9 Å². The summed E-state index contributed by atoms with van der Waals surface area (Å²) in [4.78, 5) is 17.0. The van der Waals surface area contributed by atoms with Crippen LogP contribution in [-0.2, 0) is 6.54 Å². The van der Waals surface area contributed by atoms with Crippen molar-refractivity contribution in [3.63, 3.8) is 0 Å². The summed E-state index contributed by atoms with van der Waals surface area (Å²) in [6.07, 6.45) is 1.79. The molecule has 29 heavy (non-hydrogen) atoms. The van der Waals surface area contributed by atoms with Gasteiger partial charge in [0, 0.05) is 28.7 Å². The minimum absolute atomic E-state index is 0.135. The lowest BCUT2D eigenvalue weighted by Crippen LogP contribution is -2.22. The number of hydrogen-bond acceptors (Lipinski definition) is 3. The summed E-state index contributed by atoms with van der Waals surface area (Å²) < 4.78 is 7.68. The zero-order chi connectivity index (χ0) is 20.4. The normalized spacial score (nSPS) is 10.9. The summed E-state index contributed by atoms with van der Waals surface area (Å²) in [5, 5.41) is 2.88. The molecule has 0 aliphatic rings. The molecule has 4 aromatic rings. The van der Waals surface area contributed by atoms with Crippen molar-refractivity contribution in [3.8, 4) is 16.9 Å². The number of amides is 1. The van der Waals surface area contributed by atoms with Gasteiger partial charge < -0.3 is 14.3 Å². The summed E-state index contributed by atoms with van der Waals surface area (Å²) in [6, 6.07) is 19.5. The molecular weight excluding hydrogens is 362 g/mol. The summed E-state index contributed by atoms with van der Waals surface area (Å²) in [7, 11) is 0. The molecule has 146 valence electrons. The molecule has 0 spiro atoms. The van der Waals surface area contributed by atoms with Crippen molar-refractivity contribution in [2.45, 2.75) is 27.3 Å². The molecule has 0 saturated heterocycles. The van der Waals surface area contributed by atoms with Gasteiger partial charge in [0.15, 0.2) is 0 Å². The van der Waals surface area contributed by atoms with E-state index < -0.39 is 0 Å². The molecule has 0 radical (unpaired) electrons. The molecular formula is C24H23N3O2. The van der Waals surface area contributed by atoms with Gasteiger partial charge in [-0.05, 0) is 69.3 Å². The number of furan rings is 1. The molecule has 1 N–H and O–H groups in total. The second kappa shape index (κ2) is 7.80. The first kappa shape index (κ1) is 18.7. The number of aromatic nitrogens is 2. The molecule has 0 atom stereocenters. The van der Waals surface area contributed by atoms with Crippen molar-refractivity contribution < 1.29 is 9.21 Å². The first-order chi connectivity index (χ1) is 14.0. The molecule has 0 aliphatic carbocycles. The average molecular weight is 385 g/mol. The Morgan fingerprint density at radius 1 is 0.966 bits per heavy atom. The number of nitrogens with one attached hydrogen (secondary N) is 1. The highest BCUT2D eigenvalue weighted by atomic mass is 16.3. The van der Waals surface area contributed by atoms with Crippen LogP contribution in [-0.4, -0.2) is 15.5 Å². The lowest BCUT2D eigenvalue weighted by Gasteiger charge is -2.14. The Balaban J connectivity index is 1.56. The van der Waals surface area contributed by atoms with Crippen LogP contribution in [0.4, 0.5) is 0 Å². The Bertz CT molecular complexity index is 1130. The van der Waals surface area contributed by atoms with E-state index in [1.165, 1.54) is 0 Å². The summed E-state index contributed by atoms with van der Waals surface area (Å²) in [5.74, 6) is 1.44. The third-order valence-electron chi connectivity index (χ3n) is 4.94. The number of rotatable bonds is 5. The van der Waals surface area contributed by atoms with Crippen LogP contribution < -0.4 is 5.32 Å². The SMILES string of the molecule is Cc1ccc(CNC(=O)c2ccc(-c3ncccc3-n3c(C)ccc3C)cc2)o1. The molecule has 3 heterocycles. The molecule has 0 unspecified atom stereocenters.